The number of allylic oxidation sites excluding steroid dienone is 6. The van der Waals surface area contributed by atoms with Crippen LogP contribution in [-0.4, -0.2) is 28.5 Å². The summed E-state index contributed by atoms with van der Waals surface area (Å²) >= 11 is 3.23. The first-order chi connectivity index (χ1) is 17.8. The van der Waals surface area contributed by atoms with E-state index in [4.69, 9.17) is 0 Å². The lowest BCUT2D eigenvalue weighted by molar-refractivity contribution is -0.123. The molecule has 1 N–H and O–H groups in total. The first-order valence-corrected chi connectivity index (χ1v) is 13.2. The predicted octanol–water partition coefficient (Wildman–Crippen LogP) is 4.92. The second-order valence-electron chi connectivity index (χ2n) is 9.98. The molecule has 2 aromatic rings. The Balaban J connectivity index is 1.47. The number of ketones is 2. The van der Waals surface area contributed by atoms with E-state index in [2.05, 4.69) is 15.9 Å². The molecule has 0 spiro atoms. The number of para-hydroxylation sites is 1. The molecule has 0 aromatic heterocycles. The number of aryl methyl sites for hydroxylation is 1. The molecule has 2 amide bonds. The molecular weight excluding hydrogens is 534 g/mol. The molecule has 7 heteroatoms. The van der Waals surface area contributed by atoms with Crippen LogP contribution >= 0.6 is 15.9 Å². The average molecular weight is 558 g/mol. The van der Waals surface area contributed by atoms with Crippen molar-refractivity contribution >= 4 is 45.0 Å². The van der Waals surface area contributed by atoms with Crippen molar-refractivity contribution in [1.82, 2.24) is 0 Å². The van der Waals surface area contributed by atoms with Gasteiger partial charge >= 0.3 is 0 Å². The van der Waals surface area contributed by atoms with Crippen LogP contribution in [0, 0.1) is 17.8 Å². The lowest BCUT2D eigenvalue weighted by atomic mass is 9.59. The van der Waals surface area contributed by atoms with Gasteiger partial charge in [-0.25, -0.2) is 0 Å². The van der Waals surface area contributed by atoms with E-state index in [1.807, 2.05) is 25.1 Å². The van der Waals surface area contributed by atoms with Crippen molar-refractivity contribution in [1.29, 1.82) is 0 Å². The van der Waals surface area contributed by atoms with E-state index in [1.165, 1.54) is 11.0 Å². The molecule has 6 rings (SSSR count). The molecule has 0 saturated carbocycles. The minimum Gasteiger partial charge on any atom is -0.508 e. The van der Waals surface area contributed by atoms with Crippen molar-refractivity contribution in [2.75, 3.05) is 4.90 Å². The number of halogens is 1. The Morgan fingerprint density at radius 1 is 0.973 bits per heavy atom. The van der Waals surface area contributed by atoms with E-state index in [0.29, 0.717) is 28.8 Å². The lowest BCUT2D eigenvalue weighted by Gasteiger charge is -2.42. The Labute approximate surface area is 222 Å². The number of rotatable bonds is 3. The maximum Gasteiger partial charge on any atom is 0.238 e. The van der Waals surface area contributed by atoms with Gasteiger partial charge in [0.1, 0.15) is 5.75 Å². The van der Waals surface area contributed by atoms with Gasteiger partial charge in [0.2, 0.25) is 11.8 Å². The van der Waals surface area contributed by atoms with Crippen LogP contribution in [-0.2, 0) is 25.6 Å². The number of hydrogen-bond acceptors (Lipinski definition) is 5. The number of fused-ring (bicyclic) bond motifs is 3. The van der Waals surface area contributed by atoms with E-state index in [0.717, 1.165) is 17.6 Å². The molecule has 0 radical (unpaired) electrons. The topological polar surface area (TPSA) is 91.8 Å². The van der Waals surface area contributed by atoms with Crippen LogP contribution in [0.15, 0.2) is 81.9 Å². The van der Waals surface area contributed by atoms with Crippen LogP contribution in [0.4, 0.5) is 5.69 Å². The Bertz CT molecular complexity index is 1480. The van der Waals surface area contributed by atoms with Crippen LogP contribution < -0.4 is 4.90 Å². The highest BCUT2D eigenvalue weighted by Crippen LogP contribution is 2.56. The van der Waals surface area contributed by atoms with Crippen LogP contribution in [0.5, 0.6) is 5.75 Å². The smallest absolute Gasteiger partial charge is 0.238 e. The van der Waals surface area contributed by atoms with Crippen molar-refractivity contribution in [2.45, 2.75) is 32.1 Å². The number of phenolic OH excluding ortho intramolecular Hbond substituents is 1. The summed E-state index contributed by atoms with van der Waals surface area (Å²) < 4.78 is 0.179. The van der Waals surface area contributed by atoms with Gasteiger partial charge in [-0.15, -0.1) is 0 Å². The number of carbonyl (C=O) groups is 4. The molecule has 186 valence electrons. The van der Waals surface area contributed by atoms with Crippen LogP contribution in [0.2, 0.25) is 0 Å². The van der Waals surface area contributed by atoms with Crippen molar-refractivity contribution in [3.63, 3.8) is 0 Å². The van der Waals surface area contributed by atoms with Crippen LogP contribution in [0.3, 0.4) is 0 Å². The summed E-state index contributed by atoms with van der Waals surface area (Å²) in [4.78, 5) is 55.2. The fourth-order valence-electron chi connectivity index (χ4n) is 6.43. The minimum absolute atomic E-state index is 0.0170. The van der Waals surface area contributed by atoms with Gasteiger partial charge in [-0.1, -0.05) is 48.9 Å². The summed E-state index contributed by atoms with van der Waals surface area (Å²) in [6.45, 7) is 2.04. The number of aromatic hydroxyl groups is 1. The van der Waals surface area contributed by atoms with Gasteiger partial charge in [0.15, 0.2) is 11.6 Å². The van der Waals surface area contributed by atoms with E-state index in [1.54, 1.807) is 36.4 Å². The molecule has 1 aliphatic heterocycles. The normalized spacial score (nSPS) is 27.0. The van der Waals surface area contributed by atoms with Crippen LogP contribution in [0.1, 0.15) is 36.8 Å². The molecule has 6 nitrogen and oxygen atoms in total. The maximum absolute atomic E-state index is 13.9. The second kappa shape index (κ2) is 8.77. The number of imide groups is 1. The molecule has 4 aliphatic rings. The molecule has 2 aromatic carbocycles. The quantitative estimate of drug-likeness (QED) is 0.328. The standard InChI is InChI=1S/C30H24BrNO5/c1-2-15-7-9-16(10-8-15)32-29(36)19-12-11-17-20(26(19)30(32)37)13-21-27(24(34)14-22(31)28(21)35)25(17)18-5-3-4-6-23(18)33/h3-11,14,19-20,25-26,33H,2,12-13H2,1H3. The Hall–Kier alpha value is -3.58. The molecule has 4 unspecified atom stereocenters. The number of amides is 2. The number of hydrogen-bond donors (Lipinski definition) is 1. The summed E-state index contributed by atoms with van der Waals surface area (Å²) in [6.07, 6.45) is 4.64. The molecule has 3 aliphatic carbocycles. The predicted molar refractivity (Wildman–Crippen MR) is 141 cm³/mol. The van der Waals surface area contributed by atoms with Crippen molar-refractivity contribution in [2.24, 2.45) is 17.8 Å². The Kier molecular flexibility index (Phi) is 5.64. The maximum atomic E-state index is 13.9. The Morgan fingerprint density at radius 2 is 1.70 bits per heavy atom. The first kappa shape index (κ1) is 23.8. The molecule has 1 fully saturated rings. The number of carbonyl (C=O) groups excluding carboxylic acids is 4. The Morgan fingerprint density at radius 3 is 2.41 bits per heavy atom. The van der Waals surface area contributed by atoms with Crippen molar-refractivity contribution in [3.8, 4) is 5.75 Å². The van der Waals surface area contributed by atoms with Gasteiger partial charge in [-0.05, 0) is 64.9 Å². The SMILES string of the molecule is CCc1ccc(N2C(=O)C3CC=C4C(c5ccccc5O)C5=C(CC4C3C2=O)C(=O)C(Br)=CC5=O)cc1. The van der Waals surface area contributed by atoms with Gasteiger partial charge in [-0.2, -0.15) is 0 Å². The van der Waals surface area contributed by atoms with Gasteiger partial charge < -0.3 is 5.11 Å². The summed E-state index contributed by atoms with van der Waals surface area (Å²) in [5.41, 5.74) is 3.69. The summed E-state index contributed by atoms with van der Waals surface area (Å²) in [6, 6.07) is 14.2. The molecule has 37 heavy (non-hydrogen) atoms. The zero-order valence-corrected chi connectivity index (χ0v) is 21.7. The number of nitrogens with zero attached hydrogens (tertiary/aromatic N) is 1. The van der Waals surface area contributed by atoms with Crippen LogP contribution in [0.25, 0.3) is 0 Å². The number of benzene rings is 2. The molecular formula is C30H24BrNO5. The highest BCUT2D eigenvalue weighted by Gasteiger charge is 2.56. The molecule has 4 atom stereocenters. The minimum atomic E-state index is -0.662. The largest absolute Gasteiger partial charge is 0.508 e. The average Bonchev–Trinajstić information content (AvgIpc) is 3.16. The second-order valence-corrected chi connectivity index (χ2v) is 10.8. The zero-order valence-electron chi connectivity index (χ0n) is 20.1. The molecule has 1 heterocycles. The third-order valence-corrected chi connectivity index (χ3v) is 8.77. The fraction of sp³-hybridized carbons (Fsp3) is 0.267. The van der Waals surface area contributed by atoms with Crippen molar-refractivity contribution < 1.29 is 24.3 Å². The lowest BCUT2D eigenvalue weighted by Crippen LogP contribution is -2.39. The van der Waals surface area contributed by atoms with E-state index >= 15 is 0 Å². The summed E-state index contributed by atoms with van der Waals surface area (Å²) in [5.74, 6) is -3.36. The molecule has 0 bridgehead atoms. The summed E-state index contributed by atoms with van der Waals surface area (Å²) in [5, 5.41) is 10.8. The van der Waals surface area contributed by atoms with E-state index in [-0.39, 0.29) is 40.0 Å². The third-order valence-electron chi connectivity index (χ3n) is 8.18. The van der Waals surface area contributed by atoms with E-state index in [9.17, 15) is 24.3 Å². The van der Waals surface area contributed by atoms with Gasteiger partial charge in [0, 0.05) is 28.7 Å². The monoisotopic (exact) mass is 557 g/mol. The zero-order chi connectivity index (χ0) is 26.0. The highest BCUT2D eigenvalue weighted by atomic mass is 79.9. The highest BCUT2D eigenvalue weighted by molar-refractivity contribution is 9.12. The van der Waals surface area contributed by atoms with Gasteiger partial charge in [-0.3, -0.25) is 24.1 Å². The van der Waals surface area contributed by atoms with Gasteiger partial charge in [0.25, 0.3) is 0 Å². The first-order valence-electron chi connectivity index (χ1n) is 12.5. The fourth-order valence-corrected chi connectivity index (χ4v) is 6.88. The van der Waals surface area contributed by atoms with Gasteiger partial charge in [0.05, 0.1) is 22.0 Å². The summed E-state index contributed by atoms with van der Waals surface area (Å²) in [7, 11) is 0. The third kappa shape index (κ3) is 3.51. The number of anilines is 1. The number of Topliss-reactive ketones (excluding diaryl/α,β-unsaturated/α-hetero) is 1. The number of phenols is 1. The molecule has 1 saturated heterocycles. The van der Waals surface area contributed by atoms with Crippen molar-refractivity contribution in [3.05, 3.63) is 93.0 Å². The van der Waals surface area contributed by atoms with E-state index < -0.39 is 23.7 Å².